The fraction of sp³-hybridized carbons (Fsp3) is 0.516. The van der Waals surface area contributed by atoms with Crippen molar-refractivity contribution in [1.82, 2.24) is 0 Å². The van der Waals surface area contributed by atoms with Crippen LogP contribution in [0.4, 0.5) is 56.9 Å². The van der Waals surface area contributed by atoms with Crippen molar-refractivity contribution in [2.75, 3.05) is 81.8 Å². The minimum Gasteiger partial charge on any atom is -0.372 e. The average molecular weight is 921 g/mol. The largest absolute Gasteiger partial charge is 0.372 e. The van der Waals surface area contributed by atoms with Gasteiger partial charge in [-0.05, 0) is 167 Å². The molecule has 0 atom stereocenters. The average Bonchev–Trinajstić information content (AvgIpc) is 3.38. The summed E-state index contributed by atoms with van der Waals surface area (Å²) in [6.07, 6.45) is 19.3. The van der Waals surface area contributed by atoms with Crippen molar-refractivity contribution >= 4 is 56.9 Å². The molecule has 370 valence electrons. The van der Waals surface area contributed by atoms with E-state index in [1.54, 1.807) is 0 Å². The van der Waals surface area contributed by atoms with E-state index in [1.165, 1.54) is 148 Å². The number of benzene rings is 5. The van der Waals surface area contributed by atoms with Gasteiger partial charge in [0.2, 0.25) is 0 Å². The van der Waals surface area contributed by atoms with Gasteiger partial charge in [0.1, 0.15) is 0 Å². The highest BCUT2D eigenvalue weighted by atomic mass is 15.2. The van der Waals surface area contributed by atoms with Crippen LogP contribution in [0.3, 0.4) is 0 Å². The van der Waals surface area contributed by atoms with E-state index in [0.717, 1.165) is 63.7 Å². The number of hydrogen-bond donors (Lipinski definition) is 0. The summed E-state index contributed by atoms with van der Waals surface area (Å²) in [6.45, 7) is 27.1. The lowest BCUT2D eigenvalue weighted by Gasteiger charge is -2.31. The van der Waals surface area contributed by atoms with E-state index in [-0.39, 0.29) is 0 Å². The van der Waals surface area contributed by atoms with E-state index in [1.807, 2.05) is 0 Å². The Morgan fingerprint density at radius 2 is 0.412 bits per heavy atom. The van der Waals surface area contributed by atoms with Crippen LogP contribution in [0.1, 0.15) is 158 Å². The Morgan fingerprint density at radius 1 is 0.221 bits per heavy atom. The maximum atomic E-state index is 2.61. The first kappa shape index (κ1) is 53.8. The molecular formula is C62H92N6. The molecule has 0 unspecified atom stereocenters. The number of rotatable bonds is 34. The van der Waals surface area contributed by atoms with Crippen molar-refractivity contribution in [2.24, 2.45) is 0 Å². The first-order chi connectivity index (χ1) is 33.4. The summed E-state index contributed by atoms with van der Waals surface area (Å²) in [5.74, 6) is 0. The van der Waals surface area contributed by atoms with Crippen LogP contribution in [-0.4, -0.2) is 52.4 Å². The third-order valence-corrected chi connectivity index (χ3v) is 13.5. The Kier molecular flexibility index (Phi) is 24.1. The van der Waals surface area contributed by atoms with Gasteiger partial charge in [-0.15, -0.1) is 0 Å². The van der Waals surface area contributed by atoms with Gasteiger partial charge < -0.3 is 29.4 Å². The smallest absolute Gasteiger partial charge is 0.0482 e. The second-order valence-electron chi connectivity index (χ2n) is 19.0. The Balaban J connectivity index is 1.60. The maximum absolute atomic E-state index is 2.61. The molecule has 6 nitrogen and oxygen atoms in total. The zero-order chi connectivity index (χ0) is 48.4. The quantitative estimate of drug-likeness (QED) is 0.0407. The van der Waals surface area contributed by atoms with Gasteiger partial charge in [0.25, 0.3) is 0 Å². The van der Waals surface area contributed by atoms with Gasteiger partial charge in [-0.3, -0.25) is 0 Å². The fourth-order valence-corrected chi connectivity index (χ4v) is 9.18. The minimum atomic E-state index is 1.08. The van der Waals surface area contributed by atoms with E-state index in [9.17, 15) is 0 Å². The molecule has 68 heavy (non-hydrogen) atoms. The van der Waals surface area contributed by atoms with E-state index in [0.29, 0.717) is 0 Å². The first-order valence-electron chi connectivity index (χ1n) is 27.5. The summed E-state index contributed by atoms with van der Waals surface area (Å²) >= 11 is 0. The van der Waals surface area contributed by atoms with Crippen LogP contribution in [0.5, 0.6) is 0 Å². The lowest BCUT2D eigenvalue weighted by molar-refractivity contribution is 0.678. The Morgan fingerprint density at radius 3 is 0.647 bits per heavy atom. The van der Waals surface area contributed by atoms with Gasteiger partial charge >= 0.3 is 0 Å². The van der Waals surface area contributed by atoms with Gasteiger partial charge in [0.05, 0.1) is 0 Å². The molecule has 0 saturated carbocycles. The van der Waals surface area contributed by atoms with Crippen LogP contribution < -0.4 is 29.4 Å². The summed E-state index contributed by atoms with van der Waals surface area (Å²) in [5.41, 5.74) is 12.2. The Bertz CT molecular complexity index is 1970. The van der Waals surface area contributed by atoms with Gasteiger partial charge in [-0.2, -0.15) is 0 Å². The third-order valence-electron chi connectivity index (χ3n) is 13.5. The minimum absolute atomic E-state index is 1.08. The van der Waals surface area contributed by atoms with Crippen molar-refractivity contribution in [2.45, 2.75) is 158 Å². The monoisotopic (exact) mass is 921 g/mol. The summed E-state index contributed by atoms with van der Waals surface area (Å²) in [6, 6.07) is 46.8. The Labute approximate surface area is 416 Å². The van der Waals surface area contributed by atoms with Crippen molar-refractivity contribution < 1.29 is 0 Å². The molecule has 0 radical (unpaired) electrons. The van der Waals surface area contributed by atoms with Gasteiger partial charge in [0, 0.05) is 109 Å². The lowest BCUT2D eigenvalue weighted by Crippen LogP contribution is -2.26. The molecule has 5 aromatic rings. The standard InChI is InChI=1S/C62H92N6/c1-9-17-44-63(45-18-10-2)53-28-34-56(35-29-53)67(57-36-30-54(31-37-57)64(46-19-11-3)47-20-12-4)58-40-42-60(43-41-58)68(59-38-32-55(33-39-59)65(48-21-13-5)49-22-14-6)62-27-25-26-61(52-62)66(50-23-15-7)51-24-16-8/h25-43,52H,9-24,44-51H2,1-8H3. The van der Waals surface area contributed by atoms with Crippen LogP contribution in [0, 0.1) is 0 Å². The molecule has 5 rings (SSSR count). The van der Waals surface area contributed by atoms with Crippen molar-refractivity contribution in [3.05, 3.63) is 121 Å². The van der Waals surface area contributed by atoms with Crippen molar-refractivity contribution in [1.29, 1.82) is 0 Å². The zero-order valence-corrected chi connectivity index (χ0v) is 44.2. The highest BCUT2D eigenvalue weighted by molar-refractivity contribution is 5.83. The van der Waals surface area contributed by atoms with Crippen LogP contribution >= 0.6 is 0 Å². The normalized spacial score (nSPS) is 11.2. The van der Waals surface area contributed by atoms with Crippen molar-refractivity contribution in [3.63, 3.8) is 0 Å². The first-order valence-corrected chi connectivity index (χ1v) is 27.5. The summed E-state index contributed by atoms with van der Waals surface area (Å²) < 4.78 is 0. The second-order valence-corrected chi connectivity index (χ2v) is 19.0. The zero-order valence-electron chi connectivity index (χ0n) is 44.2. The molecule has 0 amide bonds. The van der Waals surface area contributed by atoms with E-state index >= 15 is 0 Å². The summed E-state index contributed by atoms with van der Waals surface area (Å²) in [5, 5.41) is 0. The Hall–Kier alpha value is -5.10. The van der Waals surface area contributed by atoms with Gasteiger partial charge in [-0.25, -0.2) is 0 Å². The SMILES string of the molecule is CCCCN(CCCC)c1ccc(N(c2ccc(N(CCCC)CCCC)cc2)c2ccc(N(c3ccc(N(CCCC)CCCC)cc3)c3cccc(N(CCCC)CCCC)c3)cc2)cc1. The molecule has 0 N–H and O–H groups in total. The van der Waals surface area contributed by atoms with Crippen LogP contribution in [0.2, 0.25) is 0 Å². The molecular weight excluding hydrogens is 829 g/mol. The molecule has 0 aliphatic heterocycles. The molecule has 0 aromatic heterocycles. The van der Waals surface area contributed by atoms with Crippen LogP contribution in [0.15, 0.2) is 121 Å². The lowest BCUT2D eigenvalue weighted by atomic mass is 10.1. The number of anilines is 10. The molecule has 0 saturated heterocycles. The number of hydrogen-bond acceptors (Lipinski definition) is 6. The van der Waals surface area contributed by atoms with E-state index < -0.39 is 0 Å². The predicted molar refractivity (Wildman–Crippen MR) is 304 cm³/mol. The molecule has 0 aliphatic rings. The highest BCUT2D eigenvalue weighted by Crippen LogP contribution is 2.41. The molecule has 5 aromatic carbocycles. The molecule has 0 bridgehead atoms. The summed E-state index contributed by atoms with van der Waals surface area (Å²) in [7, 11) is 0. The highest BCUT2D eigenvalue weighted by Gasteiger charge is 2.19. The topological polar surface area (TPSA) is 19.4 Å². The van der Waals surface area contributed by atoms with Crippen molar-refractivity contribution in [3.8, 4) is 0 Å². The predicted octanol–water partition coefficient (Wildman–Crippen LogP) is 18.3. The van der Waals surface area contributed by atoms with Gasteiger partial charge in [0.15, 0.2) is 0 Å². The van der Waals surface area contributed by atoms with E-state index in [2.05, 4.69) is 206 Å². The fourth-order valence-electron chi connectivity index (χ4n) is 9.18. The van der Waals surface area contributed by atoms with Crippen LogP contribution in [-0.2, 0) is 0 Å². The summed E-state index contributed by atoms with van der Waals surface area (Å²) in [4.78, 5) is 15.3. The van der Waals surface area contributed by atoms with Crippen LogP contribution in [0.25, 0.3) is 0 Å². The maximum Gasteiger partial charge on any atom is 0.0482 e. The number of nitrogens with zero attached hydrogens (tertiary/aromatic N) is 6. The second kappa shape index (κ2) is 30.4. The molecule has 0 spiro atoms. The molecule has 0 aliphatic carbocycles. The molecule has 0 fully saturated rings. The van der Waals surface area contributed by atoms with Gasteiger partial charge in [-0.1, -0.05) is 113 Å². The van der Waals surface area contributed by atoms with E-state index in [4.69, 9.17) is 0 Å². The number of unbranched alkanes of at least 4 members (excludes halogenated alkanes) is 8. The molecule has 6 heteroatoms. The molecule has 0 heterocycles. The third kappa shape index (κ3) is 16.0.